The van der Waals surface area contributed by atoms with Crippen molar-refractivity contribution in [3.8, 4) is 0 Å². The summed E-state index contributed by atoms with van der Waals surface area (Å²) in [5, 5.41) is 0. The standard InChI is InChI=1S/C11H23NO2/c1-9(2)5-4-6-14-11(13)7-10(3)8-12/h9-10H,4-8,12H2,1-3H3. The Bertz CT molecular complexity index is 157. The molecule has 0 aromatic carbocycles. The normalized spacial score (nSPS) is 12.9. The monoisotopic (exact) mass is 201 g/mol. The van der Waals surface area contributed by atoms with Crippen molar-refractivity contribution >= 4 is 5.97 Å². The van der Waals surface area contributed by atoms with Gasteiger partial charge in [0.1, 0.15) is 0 Å². The van der Waals surface area contributed by atoms with Crippen molar-refractivity contribution in [1.82, 2.24) is 0 Å². The lowest BCUT2D eigenvalue weighted by molar-refractivity contribution is -0.144. The Morgan fingerprint density at radius 1 is 1.36 bits per heavy atom. The zero-order chi connectivity index (χ0) is 11.0. The second-order valence-corrected chi connectivity index (χ2v) is 4.30. The topological polar surface area (TPSA) is 52.3 Å². The predicted octanol–water partition coefficient (Wildman–Crippen LogP) is 1.95. The lowest BCUT2D eigenvalue weighted by Crippen LogP contribution is -2.17. The molecule has 0 saturated heterocycles. The van der Waals surface area contributed by atoms with Crippen molar-refractivity contribution in [2.45, 2.75) is 40.0 Å². The quantitative estimate of drug-likeness (QED) is 0.506. The molecule has 0 fully saturated rings. The molecule has 0 aliphatic rings. The molecule has 0 aliphatic carbocycles. The van der Waals surface area contributed by atoms with E-state index in [-0.39, 0.29) is 11.9 Å². The maximum absolute atomic E-state index is 11.2. The van der Waals surface area contributed by atoms with Crippen LogP contribution in [-0.2, 0) is 9.53 Å². The van der Waals surface area contributed by atoms with E-state index in [4.69, 9.17) is 10.5 Å². The number of ether oxygens (including phenoxy) is 1. The van der Waals surface area contributed by atoms with E-state index in [1.54, 1.807) is 0 Å². The molecule has 0 amide bonds. The number of hydrogen-bond donors (Lipinski definition) is 1. The summed E-state index contributed by atoms with van der Waals surface area (Å²) in [5.74, 6) is 0.788. The molecule has 2 N–H and O–H groups in total. The van der Waals surface area contributed by atoms with Gasteiger partial charge in [-0.05, 0) is 31.2 Å². The van der Waals surface area contributed by atoms with E-state index >= 15 is 0 Å². The minimum absolute atomic E-state index is 0.119. The molecule has 0 aliphatic heterocycles. The van der Waals surface area contributed by atoms with Gasteiger partial charge >= 0.3 is 5.97 Å². The molecule has 0 aromatic heterocycles. The van der Waals surface area contributed by atoms with E-state index in [0.29, 0.717) is 25.5 Å². The lowest BCUT2D eigenvalue weighted by atomic mass is 10.1. The number of nitrogens with two attached hydrogens (primary N) is 1. The molecule has 0 bridgehead atoms. The Morgan fingerprint density at radius 2 is 2.00 bits per heavy atom. The summed E-state index contributed by atoms with van der Waals surface area (Å²) in [6.07, 6.45) is 2.51. The van der Waals surface area contributed by atoms with E-state index in [2.05, 4.69) is 13.8 Å². The van der Waals surface area contributed by atoms with Crippen LogP contribution in [0.5, 0.6) is 0 Å². The van der Waals surface area contributed by atoms with Gasteiger partial charge in [-0.15, -0.1) is 0 Å². The highest BCUT2D eigenvalue weighted by molar-refractivity contribution is 5.69. The third-order valence-electron chi connectivity index (χ3n) is 2.11. The Labute approximate surface area is 87.0 Å². The van der Waals surface area contributed by atoms with Gasteiger partial charge in [0, 0.05) is 6.42 Å². The number of carbonyl (C=O) groups excluding carboxylic acids is 1. The molecule has 0 rings (SSSR count). The van der Waals surface area contributed by atoms with E-state index < -0.39 is 0 Å². The predicted molar refractivity (Wildman–Crippen MR) is 57.9 cm³/mol. The molecular formula is C11H23NO2. The van der Waals surface area contributed by atoms with Gasteiger partial charge in [-0.3, -0.25) is 4.79 Å². The van der Waals surface area contributed by atoms with Crippen LogP contribution in [0, 0.1) is 11.8 Å². The summed E-state index contributed by atoms with van der Waals surface area (Å²) in [6, 6.07) is 0. The third kappa shape index (κ3) is 8.05. The molecule has 0 aromatic rings. The van der Waals surface area contributed by atoms with Crippen LogP contribution in [0.4, 0.5) is 0 Å². The van der Waals surface area contributed by atoms with Crippen molar-refractivity contribution in [2.75, 3.05) is 13.2 Å². The second-order valence-electron chi connectivity index (χ2n) is 4.30. The second kappa shape index (κ2) is 7.80. The zero-order valence-corrected chi connectivity index (χ0v) is 9.58. The number of carbonyl (C=O) groups is 1. The average molecular weight is 201 g/mol. The smallest absolute Gasteiger partial charge is 0.306 e. The van der Waals surface area contributed by atoms with Gasteiger partial charge in [0.25, 0.3) is 0 Å². The van der Waals surface area contributed by atoms with E-state index in [1.165, 1.54) is 0 Å². The Hall–Kier alpha value is -0.570. The highest BCUT2D eigenvalue weighted by Crippen LogP contribution is 2.05. The first kappa shape index (κ1) is 13.4. The summed E-state index contributed by atoms with van der Waals surface area (Å²) < 4.78 is 5.07. The molecule has 0 saturated carbocycles. The van der Waals surface area contributed by atoms with Crippen molar-refractivity contribution in [3.05, 3.63) is 0 Å². The van der Waals surface area contributed by atoms with Crippen LogP contribution in [-0.4, -0.2) is 19.1 Å². The fourth-order valence-electron chi connectivity index (χ4n) is 1.10. The minimum atomic E-state index is -0.119. The molecule has 84 valence electrons. The van der Waals surface area contributed by atoms with E-state index in [9.17, 15) is 4.79 Å². The maximum Gasteiger partial charge on any atom is 0.306 e. The summed E-state index contributed by atoms with van der Waals surface area (Å²) in [6.45, 7) is 7.38. The van der Waals surface area contributed by atoms with Crippen LogP contribution in [0.1, 0.15) is 40.0 Å². The SMILES string of the molecule is CC(C)CCCOC(=O)CC(C)CN. The fraction of sp³-hybridized carbons (Fsp3) is 0.909. The first-order chi connectivity index (χ1) is 6.56. The summed E-state index contributed by atoms with van der Waals surface area (Å²) in [5.41, 5.74) is 5.41. The Balaban J connectivity index is 3.36. The van der Waals surface area contributed by atoms with Gasteiger partial charge in [-0.2, -0.15) is 0 Å². The first-order valence-electron chi connectivity index (χ1n) is 5.42. The largest absolute Gasteiger partial charge is 0.466 e. The molecule has 14 heavy (non-hydrogen) atoms. The van der Waals surface area contributed by atoms with Crippen LogP contribution in [0.25, 0.3) is 0 Å². The van der Waals surface area contributed by atoms with Gasteiger partial charge in [0.05, 0.1) is 6.61 Å². The van der Waals surface area contributed by atoms with Crippen LogP contribution in [0.3, 0.4) is 0 Å². The van der Waals surface area contributed by atoms with Crippen LogP contribution < -0.4 is 5.73 Å². The van der Waals surface area contributed by atoms with Crippen LogP contribution >= 0.6 is 0 Å². The lowest BCUT2D eigenvalue weighted by Gasteiger charge is -2.09. The summed E-state index contributed by atoms with van der Waals surface area (Å²) in [4.78, 5) is 11.2. The van der Waals surface area contributed by atoms with Gasteiger partial charge in [-0.1, -0.05) is 20.8 Å². The van der Waals surface area contributed by atoms with Gasteiger partial charge in [0.2, 0.25) is 0 Å². The molecule has 0 heterocycles. The molecular weight excluding hydrogens is 178 g/mol. The maximum atomic E-state index is 11.2. The summed E-state index contributed by atoms with van der Waals surface area (Å²) in [7, 11) is 0. The van der Waals surface area contributed by atoms with Gasteiger partial charge in [-0.25, -0.2) is 0 Å². The fourth-order valence-corrected chi connectivity index (χ4v) is 1.10. The van der Waals surface area contributed by atoms with Crippen LogP contribution in [0.2, 0.25) is 0 Å². The first-order valence-corrected chi connectivity index (χ1v) is 5.42. The Morgan fingerprint density at radius 3 is 2.50 bits per heavy atom. The molecule has 0 spiro atoms. The molecule has 0 radical (unpaired) electrons. The van der Waals surface area contributed by atoms with Crippen molar-refractivity contribution in [3.63, 3.8) is 0 Å². The van der Waals surface area contributed by atoms with Crippen LogP contribution in [0.15, 0.2) is 0 Å². The highest BCUT2D eigenvalue weighted by Gasteiger charge is 2.08. The Kier molecular flexibility index (Phi) is 7.48. The van der Waals surface area contributed by atoms with Crippen molar-refractivity contribution in [1.29, 1.82) is 0 Å². The number of rotatable bonds is 7. The highest BCUT2D eigenvalue weighted by atomic mass is 16.5. The third-order valence-corrected chi connectivity index (χ3v) is 2.11. The molecule has 1 unspecified atom stereocenters. The van der Waals surface area contributed by atoms with Gasteiger partial charge in [0.15, 0.2) is 0 Å². The average Bonchev–Trinajstić information content (AvgIpc) is 2.12. The zero-order valence-electron chi connectivity index (χ0n) is 9.58. The number of hydrogen-bond acceptors (Lipinski definition) is 3. The van der Waals surface area contributed by atoms with Crippen molar-refractivity contribution in [2.24, 2.45) is 17.6 Å². The molecule has 3 nitrogen and oxygen atoms in total. The molecule has 3 heteroatoms. The van der Waals surface area contributed by atoms with E-state index in [1.807, 2.05) is 6.92 Å². The van der Waals surface area contributed by atoms with Gasteiger partial charge < -0.3 is 10.5 Å². The minimum Gasteiger partial charge on any atom is -0.466 e. The summed E-state index contributed by atoms with van der Waals surface area (Å²) >= 11 is 0. The molecule has 1 atom stereocenters. The van der Waals surface area contributed by atoms with E-state index in [0.717, 1.165) is 12.8 Å². The number of esters is 1. The van der Waals surface area contributed by atoms with Crippen molar-refractivity contribution < 1.29 is 9.53 Å².